The van der Waals surface area contributed by atoms with E-state index in [2.05, 4.69) is 20.6 Å². The summed E-state index contributed by atoms with van der Waals surface area (Å²) in [5.41, 5.74) is 0.994. The van der Waals surface area contributed by atoms with Crippen LogP contribution in [0.3, 0.4) is 0 Å². The van der Waals surface area contributed by atoms with Crippen LogP contribution in [0.25, 0.3) is 0 Å². The largest absolute Gasteiger partial charge is 0.454 e. The summed E-state index contributed by atoms with van der Waals surface area (Å²) in [6.45, 7) is 0.738. The molecule has 0 bridgehead atoms. The molecule has 0 aliphatic carbocycles. The summed E-state index contributed by atoms with van der Waals surface area (Å²) in [4.78, 5) is 8.40. The van der Waals surface area contributed by atoms with E-state index in [1.807, 2.05) is 48.5 Å². The minimum absolute atomic E-state index is 0.238. The molecule has 2 aromatic carbocycles. The first-order valence-electron chi connectivity index (χ1n) is 8.36. The number of aromatic nitrogens is 2. The molecule has 0 radical (unpaired) electrons. The third-order valence-corrected chi connectivity index (χ3v) is 4.19. The monoisotopic (exact) mass is 414 g/mol. The molecule has 4 rings (SSSR count). The summed E-state index contributed by atoms with van der Waals surface area (Å²) >= 11 is 11.4. The van der Waals surface area contributed by atoms with Crippen molar-refractivity contribution in [3.8, 4) is 23.1 Å². The van der Waals surface area contributed by atoms with Gasteiger partial charge in [-0.1, -0.05) is 35.9 Å². The van der Waals surface area contributed by atoms with E-state index in [1.54, 1.807) is 0 Å². The van der Waals surface area contributed by atoms with Crippen LogP contribution < -0.4 is 24.8 Å². The summed E-state index contributed by atoms with van der Waals surface area (Å²) in [6, 6.07) is 16.5. The zero-order valence-corrected chi connectivity index (χ0v) is 16.1. The smallest absolute Gasteiger partial charge is 0.233 e. The molecule has 0 saturated heterocycles. The van der Waals surface area contributed by atoms with Crippen LogP contribution >= 0.6 is 23.8 Å². The van der Waals surface area contributed by atoms with Gasteiger partial charge in [-0.2, -0.15) is 4.98 Å². The molecule has 0 fully saturated rings. The minimum Gasteiger partial charge on any atom is -0.454 e. The van der Waals surface area contributed by atoms with Crippen LogP contribution in [0.1, 0.15) is 5.56 Å². The molecule has 2 heterocycles. The normalized spacial score (nSPS) is 11.8. The highest BCUT2D eigenvalue weighted by atomic mass is 35.5. The van der Waals surface area contributed by atoms with Gasteiger partial charge in [0.15, 0.2) is 16.6 Å². The van der Waals surface area contributed by atoms with Crippen molar-refractivity contribution in [1.82, 2.24) is 15.3 Å². The SMILES string of the molecule is S=C(NCc1ccc2c(c1)OCO2)Nc1nc(Cl)cc(Oc2ccccc2)n1. The molecular formula is C19H15ClN4O3S. The lowest BCUT2D eigenvalue weighted by molar-refractivity contribution is 0.174. The molecule has 7 nitrogen and oxygen atoms in total. The second-order valence-corrected chi connectivity index (χ2v) is 6.56. The van der Waals surface area contributed by atoms with Gasteiger partial charge in [0, 0.05) is 12.6 Å². The highest BCUT2D eigenvalue weighted by Crippen LogP contribution is 2.32. The number of benzene rings is 2. The Morgan fingerprint density at radius 3 is 2.75 bits per heavy atom. The van der Waals surface area contributed by atoms with Crippen LogP contribution in [-0.2, 0) is 6.54 Å². The second kappa shape index (κ2) is 8.28. The van der Waals surface area contributed by atoms with E-state index in [1.165, 1.54) is 6.07 Å². The van der Waals surface area contributed by atoms with Crippen LogP contribution in [0.15, 0.2) is 54.6 Å². The van der Waals surface area contributed by atoms with Crippen LogP contribution in [0.2, 0.25) is 5.15 Å². The van der Waals surface area contributed by atoms with E-state index in [9.17, 15) is 0 Å². The summed E-state index contributed by atoms with van der Waals surface area (Å²) in [5.74, 6) is 2.65. The Bertz CT molecular complexity index is 1000. The number of nitrogens with zero attached hydrogens (tertiary/aromatic N) is 2. The molecule has 9 heteroatoms. The average molecular weight is 415 g/mol. The van der Waals surface area contributed by atoms with Crippen LogP contribution in [0.5, 0.6) is 23.1 Å². The molecule has 0 spiro atoms. The maximum atomic E-state index is 6.07. The van der Waals surface area contributed by atoms with Crippen molar-refractivity contribution in [2.24, 2.45) is 0 Å². The van der Waals surface area contributed by atoms with Crippen molar-refractivity contribution in [1.29, 1.82) is 0 Å². The first kappa shape index (κ1) is 18.3. The predicted molar refractivity (Wildman–Crippen MR) is 109 cm³/mol. The minimum atomic E-state index is 0.238. The van der Waals surface area contributed by atoms with Gasteiger partial charge in [-0.15, -0.1) is 0 Å². The zero-order valence-electron chi connectivity index (χ0n) is 14.5. The zero-order chi connectivity index (χ0) is 19.3. The Labute approximate surface area is 171 Å². The van der Waals surface area contributed by atoms with Crippen LogP contribution in [0, 0.1) is 0 Å². The highest BCUT2D eigenvalue weighted by Gasteiger charge is 2.13. The number of para-hydroxylation sites is 1. The Morgan fingerprint density at radius 1 is 1.07 bits per heavy atom. The summed E-state index contributed by atoms with van der Waals surface area (Å²) in [5, 5.41) is 6.59. The molecule has 0 saturated carbocycles. The number of nitrogens with one attached hydrogen (secondary N) is 2. The van der Waals surface area contributed by atoms with Gasteiger partial charge >= 0.3 is 0 Å². The molecule has 0 atom stereocenters. The van der Waals surface area contributed by atoms with Gasteiger partial charge in [0.05, 0.1) is 0 Å². The fourth-order valence-electron chi connectivity index (χ4n) is 2.49. The van der Waals surface area contributed by atoms with Gasteiger partial charge < -0.3 is 24.8 Å². The lowest BCUT2D eigenvalue weighted by Crippen LogP contribution is -2.28. The number of hydrogen-bond donors (Lipinski definition) is 2. The van der Waals surface area contributed by atoms with Crippen molar-refractivity contribution in [2.75, 3.05) is 12.1 Å². The maximum Gasteiger partial charge on any atom is 0.233 e. The molecule has 0 unspecified atom stereocenters. The number of halogens is 1. The summed E-state index contributed by atoms with van der Waals surface area (Å²) in [7, 11) is 0. The van der Waals surface area contributed by atoms with Crippen molar-refractivity contribution >= 4 is 34.9 Å². The van der Waals surface area contributed by atoms with E-state index >= 15 is 0 Å². The standard InChI is InChI=1S/C19H15ClN4O3S/c20-16-9-17(27-13-4-2-1-3-5-13)23-18(22-16)24-19(28)21-10-12-6-7-14-15(8-12)26-11-25-14/h1-9H,10-11H2,(H2,21,22,23,24,28). The van der Waals surface area contributed by atoms with Gasteiger partial charge in [0.25, 0.3) is 0 Å². The third-order valence-electron chi connectivity index (χ3n) is 3.75. The molecular weight excluding hydrogens is 400 g/mol. The molecule has 142 valence electrons. The number of hydrogen-bond acceptors (Lipinski definition) is 6. The summed E-state index contributed by atoms with van der Waals surface area (Å²) in [6.07, 6.45) is 0. The van der Waals surface area contributed by atoms with Crippen LogP contribution in [0.4, 0.5) is 5.95 Å². The third kappa shape index (κ3) is 4.59. The van der Waals surface area contributed by atoms with Gasteiger partial charge in [-0.3, -0.25) is 0 Å². The Kier molecular flexibility index (Phi) is 5.41. The maximum absolute atomic E-state index is 6.07. The Balaban J connectivity index is 1.37. The molecule has 1 aromatic heterocycles. The summed E-state index contributed by atoms with van der Waals surface area (Å²) < 4.78 is 16.4. The number of fused-ring (bicyclic) bond motifs is 1. The quantitative estimate of drug-likeness (QED) is 0.476. The first-order valence-corrected chi connectivity index (χ1v) is 9.15. The van der Waals surface area contributed by atoms with E-state index in [0.29, 0.717) is 23.3 Å². The van der Waals surface area contributed by atoms with Gasteiger partial charge in [-0.05, 0) is 42.0 Å². The van der Waals surface area contributed by atoms with E-state index in [-0.39, 0.29) is 17.9 Å². The molecule has 28 heavy (non-hydrogen) atoms. The number of ether oxygens (including phenoxy) is 3. The lowest BCUT2D eigenvalue weighted by Gasteiger charge is -2.11. The lowest BCUT2D eigenvalue weighted by atomic mass is 10.2. The number of anilines is 1. The molecule has 1 aliphatic rings. The average Bonchev–Trinajstić information content (AvgIpc) is 3.14. The Hall–Kier alpha value is -3.10. The topological polar surface area (TPSA) is 77.5 Å². The van der Waals surface area contributed by atoms with Crippen molar-refractivity contribution < 1.29 is 14.2 Å². The molecule has 0 amide bonds. The fraction of sp³-hybridized carbons (Fsp3) is 0.105. The van der Waals surface area contributed by atoms with Gasteiger partial charge in [0.1, 0.15) is 10.9 Å². The van der Waals surface area contributed by atoms with E-state index < -0.39 is 0 Å². The van der Waals surface area contributed by atoms with E-state index in [0.717, 1.165) is 17.1 Å². The first-order chi connectivity index (χ1) is 13.7. The molecule has 2 N–H and O–H groups in total. The van der Waals surface area contributed by atoms with Crippen molar-refractivity contribution in [3.63, 3.8) is 0 Å². The molecule has 1 aliphatic heterocycles. The van der Waals surface area contributed by atoms with Crippen molar-refractivity contribution in [3.05, 3.63) is 65.3 Å². The fourth-order valence-corrected chi connectivity index (χ4v) is 2.83. The highest BCUT2D eigenvalue weighted by molar-refractivity contribution is 7.80. The van der Waals surface area contributed by atoms with Crippen LogP contribution in [-0.4, -0.2) is 21.9 Å². The predicted octanol–water partition coefficient (Wildman–Crippen LogP) is 4.14. The number of thiocarbonyl (C=S) groups is 1. The second-order valence-electron chi connectivity index (χ2n) is 5.76. The molecule has 3 aromatic rings. The van der Waals surface area contributed by atoms with Gasteiger partial charge in [0.2, 0.25) is 18.6 Å². The van der Waals surface area contributed by atoms with Gasteiger partial charge in [-0.25, -0.2) is 4.98 Å². The number of rotatable bonds is 5. The van der Waals surface area contributed by atoms with E-state index in [4.69, 9.17) is 38.0 Å². The Morgan fingerprint density at radius 2 is 1.89 bits per heavy atom. The van der Waals surface area contributed by atoms with Crippen molar-refractivity contribution in [2.45, 2.75) is 6.54 Å².